The molecule has 1 aliphatic rings. The fourth-order valence-electron chi connectivity index (χ4n) is 2.91. The van der Waals surface area contributed by atoms with E-state index in [-0.39, 0.29) is 5.91 Å². The molecule has 0 aliphatic carbocycles. The number of rotatable bonds is 4. The lowest BCUT2D eigenvalue weighted by atomic mass is 9.97. The highest BCUT2D eigenvalue weighted by Crippen LogP contribution is 2.18. The van der Waals surface area contributed by atoms with Gasteiger partial charge in [0.05, 0.1) is 11.3 Å². The number of imidazole rings is 1. The van der Waals surface area contributed by atoms with Gasteiger partial charge in [-0.25, -0.2) is 4.98 Å². The predicted octanol–water partition coefficient (Wildman–Crippen LogP) is 1.17. The summed E-state index contributed by atoms with van der Waals surface area (Å²) in [5.41, 5.74) is 1.55. The molecule has 2 aromatic rings. The van der Waals surface area contributed by atoms with Crippen molar-refractivity contribution in [2.75, 3.05) is 6.54 Å². The second kappa shape index (κ2) is 5.71. The quantitative estimate of drug-likeness (QED) is 0.918. The SMILES string of the molecule is CCc1nn(C)cc1C(=O)NCC1CCn2ccnc2C1. The molecule has 1 N–H and O–H groups in total. The molecule has 3 heterocycles. The van der Waals surface area contributed by atoms with Gasteiger partial charge in [-0.15, -0.1) is 0 Å². The number of aryl methyl sites for hydroxylation is 3. The Morgan fingerprint density at radius 3 is 3.19 bits per heavy atom. The van der Waals surface area contributed by atoms with Crippen LogP contribution in [-0.4, -0.2) is 31.8 Å². The van der Waals surface area contributed by atoms with Crippen molar-refractivity contribution in [1.82, 2.24) is 24.6 Å². The van der Waals surface area contributed by atoms with Crippen LogP contribution in [0.15, 0.2) is 18.6 Å². The van der Waals surface area contributed by atoms with Gasteiger partial charge in [-0.2, -0.15) is 5.10 Å². The van der Waals surface area contributed by atoms with E-state index < -0.39 is 0 Å². The number of nitrogens with zero attached hydrogens (tertiary/aromatic N) is 4. The number of carbonyl (C=O) groups excluding carboxylic acids is 1. The summed E-state index contributed by atoms with van der Waals surface area (Å²) >= 11 is 0. The average molecular weight is 287 g/mol. The molecule has 6 nitrogen and oxygen atoms in total. The first-order chi connectivity index (χ1) is 10.2. The molecule has 21 heavy (non-hydrogen) atoms. The Balaban J connectivity index is 1.59. The highest BCUT2D eigenvalue weighted by atomic mass is 16.1. The number of hydrogen-bond acceptors (Lipinski definition) is 3. The Morgan fingerprint density at radius 2 is 2.38 bits per heavy atom. The molecule has 1 aliphatic heterocycles. The van der Waals surface area contributed by atoms with Crippen LogP contribution in [0, 0.1) is 5.92 Å². The van der Waals surface area contributed by atoms with Gasteiger partial charge >= 0.3 is 0 Å². The lowest BCUT2D eigenvalue weighted by molar-refractivity contribution is 0.0943. The largest absolute Gasteiger partial charge is 0.352 e. The molecule has 0 spiro atoms. The maximum absolute atomic E-state index is 12.3. The smallest absolute Gasteiger partial charge is 0.254 e. The van der Waals surface area contributed by atoms with Crippen LogP contribution < -0.4 is 5.32 Å². The summed E-state index contributed by atoms with van der Waals surface area (Å²) < 4.78 is 3.89. The van der Waals surface area contributed by atoms with Crippen LogP contribution in [0.3, 0.4) is 0 Å². The standard InChI is InChI=1S/C15H21N5O/c1-3-13-12(10-19(2)18-13)15(21)17-9-11-4-6-20-7-5-16-14(20)8-11/h5,7,10-11H,3-4,6,8-9H2,1-2H3,(H,17,21). The highest BCUT2D eigenvalue weighted by molar-refractivity contribution is 5.95. The van der Waals surface area contributed by atoms with Crippen molar-refractivity contribution >= 4 is 5.91 Å². The minimum atomic E-state index is -0.0196. The van der Waals surface area contributed by atoms with Crippen molar-refractivity contribution in [3.63, 3.8) is 0 Å². The Morgan fingerprint density at radius 1 is 1.52 bits per heavy atom. The number of hydrogen-bond donors (Lipinski definition) is 1. The molecule has 0 fully saturated rings. The molecule has 3 rings (SSSR count). The molecule has 0 saturated carbocycles. The third kappa shape index (κ3) is 2.84. The molecule has 112 valence electrons. The maximum atomic E-state index is 12.3. The van der Waals surface area contributed by atoms with Gasteiger partial charge in [0.2, 0.25) is 0 Å². The summed E-state index contributed by atoms with van der Waals surface area (Å²) in [6.07, 6.45) is 8.44. The molecular weight excluding hydrogens is 266 g/mol. The van der Waals surface area contributed by atoms with Crippen LogP contribution in [0.2, 0.25) is 0 Å². The monoisotopic (exact) mass is 287 g/mol. The molecule has 6 heteroatoms. The van der Waals surface area contributed by atoms with E-state index in [0.717, 1.165) is 37.3 Å². The first-order valence-electron chi connectivity index (χ1n) is 7.48. The summed E-state index contributed by atoms with van der Waals surface area (Å²) in [7, 11) is 1.84. The van der Waals surface area contributed by atoms with E-state index in [1.165, 1.54) is 0 Å². The van der Waals surface area contributed by atoms with Gasteiger partial charge in [0.15, 0.2) is 0 Å². The molecular formula is C15H21N5O. The van der Waals surface area contributed by atoms with Crippen molar-refractivity contribution in [1.29, 1.82) is 0 Å². The van der Waals surface area contributed by atoms with Gasteiger partial charge < -0.3 is 9.88 Å². The second-order valence-corrected chi connectivity index (χ2v) is 5.62. The van der Waals surface area contributed by atoms with E-state index >= 15 is 0 Å². The summed E-state index contributed by atoms with van der Waals surface area (Å²) in [4.78, 5) is 16.7. The molecule has 2 aromatic heterocycles. The molecule has 1 unspecified atom stereocenters. The van der Waals surface area contributed by atoms with E-state index in [9.17, 15) is 4.79 Å². The van der Waals surface area contributed by atoms with E-state index in [1.54, 1.807) is 10.9 Å². The number of amides is 1. The first-order valence-corrected chi connectivity index (χ1v) is 7.48. The second-order valence-electron chi connectivity index (χ2n) is 5.62. The van der Waals surface area contributed by atoms with E-state index in [0.29, 0.717) is 18.0 Å². The first kappa shape index (κ1) is 13.9. The third-order valence-corrected chi connectivity index (χ3v) is 4.09. The molecule has 0 aromatic carbocycles. The summed E-state index contributed by atoms with van der Waals surface area (Å²) in [5.74, 6) is 1.57. The lowest BCUT2D eigenvalue weighted by Gasteiger charge is -2.23. The third-order valence-electron chi connectivity index (χ3n) is 4.09. The molecule has 0 saturated heterocycles. The number of nitrogens with one attached hydrogen (secondary N) is 1. The van der Waals surface area contributed by atoms with Crippen molar-refractivity contribution in [2.45, 2.75) is 32.7 Å². The minimum absolute atomic E-state index is 0.0196. The predicted molar refractivity (Wildman–Crippen MR) is 79.0 cm³/mol. The Labute approximate surface area is 124 Å². The Bertz CT molecular complexity index is 642. The van der Waals surface area contributed by atoms with Crippen molar-refractivity contribution in [2.24, 2.45) is 13.0 Å². The fourth-order valence-corrected chi connectivity index (χ4v) is 2.91. The average Bonchev–Trinajstić information content (AvgIpc) is 3.09. The zero-order valence-corrected chi connectivity index (χ0v) is 12.5. The normalized spacial score (nSPS) is 17.5. The Hall–Kier alpha value is -2.11. The van der Waals surface area contributed by atoms with Crippen LogP contribution >= 0.6 is 0 Å². The van der Waals surface area contributed by atoms with Crippen molar-refractivity contribution in [3.05, 3.63) is 35.7 Å². The van der Waals surface area contributed by atoms with Crippen molar-refractivity contribution < 1.29 is 4.79 Å². The number of carbonyl (C=O) groups is 1. The van der Waals surface area contributed by atoms with Gasteiger partial charge in [0.25, 0.3) is 5.91 Å². The fraction of sp³-hybridized carbons (Fsp3) is 0.533. The summed E-state index contributed by atoms with van der Waals surface area (Å²) in [6, 6.07) is 0. The van der Waals surface area contributed by atoms with Gasteiger partial charge in [0.1, 0.15) is 5.82 Å². The van der Waals surface area contributed by atoms with Crippen LogP contribution in [0.25, 0.3) is 0 Å². The summed E-state index contributed by atoms with van der Waals surface area (Å²) in [5, 5.41) is 7.36. The van der Waals surface area contributed by atoms with E-state index in [4.69, 9.17) is 0 Å². The zero-order valence-electron chi connectivity index (χ0n) is 12.5. The van der Waals surface area contributed by atoms with Gasteiger partial charge in [-0.3, -0.25) is 9.48 Å². The molecule has 1 atom stereocenters. The highest BCUT2D eigenvalue weighted by Gasteiger charge is 2.21. The zero-order chi connectivity index (χ0) is 14.8. The van der Waals surface area contributed by atoms with E-state index in [1.807, 2.05) is 26.4 Å². The molecule has 0 radical (unpaired) electrons. The van der Waals surface area contributed by atoms with Crippen LogP contribution in [0.1, 0.15) is 35.2 Å². The lowest BCUT2D eigenvalue weighted by Crippen LogP contribution is -2.33. The molecule has 1 amide bonds. The maximum Gasteiger partial charge on any atom is 0.254 e. The van der Waals surface area contributed by atoms with Crippen LogP contribution in [0.5, 0.6) is 0 Å². The topological polar surface area (TPSA) is 64.7 Å². The molecule has 0 bridgehead atoms. The summed E-state index contributed by atoms with van der Waals surface area (Å²) in [6.45, 7) is 3.70. The van der Waals surface area contributed by atoms with Crippen molar-refractivity contribution in [3.8, 4) is 0 Å². The minimum Gasteiger partial charge on any atom is -0.352 e. The van der Waals surface area contributed by atoms with Gasteiger partial charge in [-0.05, 0) is 18.8 Å². The number of aromatic nitrogens is 4. The Kier molecular flexibility index (Phi) is 3.77. The van der Waals surface area contributed by atoms with E-state index in [2.05, 4.69) is 20.0 Å². The van der Waals surface area contributed by atoms with Crippen LogP contribution in [-0.2, 0) is 26.4 Å². The van der Waals surface area contributed by atoms with Crippen LogP contribution in [0.4, 0.5) is 0 Å². The van der Waals surface area contributed by atoms with Gasteiger partial charge in [-0.1, -0.05) is 6.92 Å². The number of fused-ring (bicyclic) bond motifs is 1. The van der Waals surface area contributed by atoms with Gasteiger partial charge in [0, 0.05) is 45.1 Å².